The van der Waals surface area contributed by atoms with Crippen molar-refractivity contribution in [3.05, 3.63) is 34.9 Å². The number of ether oxygens (including phenoxy) is 2. The summed E-state index contributed by atoms with van der Waals surface area (Å²) in [5.41, 5.74) is 2.78. The van der Waals surface area contributed by atoms with Crippen molar-refractivity contribution in [3.63, 3.8) is 0 Å². The average molecular weight is 657 g/mol. The van der Waals surface area contributed by atoms with Gasteiger partial charge in [0.2, 0.25) is 0 Å². The molecule has 1 aromatic rings. The van der Waals surface area contributed by atoms with E-state index in [4.69, 9.17) is 18.5 Å². The average Bonchev–Trinajstić information content (AvgIpc) is 2.96. The normalized spacial score (nSPS) is 19.1. The molecule has 0 saturated carbocycles. The smallest absolute Gasteiger partial charge is 0.323 e. The highest BCUT2D eigenvalue weighted by molar-refractivity contribution is 7.57. The molecule has 5 atom stereocenters. The number of benzene rings is 1. The molecule has 3 unspecified atom stereocenters. The van der Waals surface area contributed by atoms with Gasteiger partial charge in [0.15, 0.2) is 0 Å². The number of carbonyl (C=O) groups excluding carboxylic acids is 2. The van der Waals surface area contributed by atoms with E-state index in [1.165, 1.54) is 19.8 Å². The molecule has 0 aliphatic heterocycles. The van der Waals surface area contributed by atoms with Gasteiger partial charge in [0, 0.05) is 23.8 Å². The Hall–Kier alpha value is -2.12. The topological polar surface area (TPSA) is 129 Å². The Morgan fingerprint density at radius 1 is 0.864 bits per heavy atom. The molecule has 0 amide bonds. The van der Waals surface area contributed by atoms with E-state index in [2.05, 4.69) is 30.1 Å². The Labute approximate surface area is 264 Å². The molecular weight excluding hydrogens is 602 g/mol. The summed E-state index contributed by atoms with van der Waals surface area (Å²) in [7, 11) is -4.64. The number of aryl methyl sites for hydroxylation is 1. The zero-order valence-electron chi connectivity index (χ0n) is 27.9. The van der Waals surface area contributed by atoms with Crippen molar-refractivity contribution in [2.75, 3.05) is 26.5 Å². The predicted molar refractivity (Wildman–Crippen MR) is 176 cm³/mol. The summed E-state index contributed by atoms with van der Waals surface area (Å²) in [4.78, 5) is 24.5. The summed E-state index contributed by atoms with van der Waals surface area (Å²) in [5.74, 6) is -0.454. The van der Waals surface area contributed by atoms with Crippen LogP contribution in [0.2, 0.25) is 0 Å². The molecule has 1 aliphatic carbocycles. The predicted octanol–water partition coefficient (Wildman–Crippen LogP) is 7.90. The Bertz CT molecular complexity index is 1160. The summed E-state index contributed by atoms with van der Waals surface area (Å²) in [6.45, 7) is 11.2. The van der Waals surface area contributed by atoms with Crippen LogP contribution in [0.25, 0.3) is 0 Å². The van der Waals surface area contributed by atoms with Crippen LogP contribution in [0.3, 0.4) is 0 Å². The molecule has 10 nitrogen and oxygen atoms in total. The first kappa shape index (κ1) is 38.1. The summed E-state index contributed by atoms with van der Waals surface area (Å²) >= 11 is 0. The number of allylic oxidation sites excluding steroid dienone is 2. The molecule has 1 aliphatic rings. The molecule has 44 heavy (non-hydrogen) atoms. The minimum Gasteiger partial charge on any atom is -0.468 e. The minimum atomic E-state index is -3.61. The third-order valence-corrected chi connectivity index (χ3v) is 12.2. The number of esters is 2. The molecule has 250 valence electrons. The lowest BCUT2D eigenvalue weighted by Gasteiger charge is -2.30. The quantitative estimate of drug-likeness (QED) is 0.0656. The van der Waals surface area contributed by atoms with E-state index in [1.54, 1.807) is 13.8 Å². The van der Waals surface area contributed by atoms with Gasteiger partial charge < -0.3 is 18.5 Å². The van der Waals surface area contributed by atoms with Crippen molar-refractivity contribution in [2.45, 2.75) is 117 Å². The van der Waals surface area contributed by atoms with Crippen LogP contribution in [-0.4, -0.2) is 50.6 Å². The van der Waals surface area contributed by atoms with Crippen molar-refractivity contribution < 1.29 is 37.2 Å². The lowest BCUT2D eigenvalue weighted by Crippen LogP contribution is -2.35. The molecular formula is C32H54N2O8P2. The fraction of sp³-hybridized carbons (Fsp3) is 0.688. The van der Waals surface area contributed by atoms with Crippen LogP contribution in [0.5, 0.6) is 11.5 Å². The zero-order valence-corrected chi connectivity index (χ0v) is 29.7. The highest BCUT2D eigenvalue weighted by Gasteiger charge is 2.35. The maximum absolute atomic E-state index is 14.3. The number of methoxy groups -OCH3 is 2. The van der Waals surface area contributed by atoms with Gasteiger partial charge in [-0.2, -0.15) is 0 Å². The number of rotatable bonds is 19. The van der Waals surface area contributed by atoms with Crippen molar-refractivity contribution in [2.24, 2.45) is 0 Å². The zero-order chi connectivity index (χ0) is 32.9. The molecule has 12 heteroatoms. The molecule has 0 radical (unpaired) electrons. The Balaban J connectivity index is 2.78. The van der Waals surface area contributed by atoms with Crippen molar-refractivity contribution in [1.29, 1.82) is 0 Å². The third kappa shape index (κ3) is 11.3. The second kappa shape index (κ2) is 18.1. The monoisotopic (exact) mass is 656 g/mol. The molecule has 0 bridgehead atoms. The molecule has 0 heterocycles. The Kier molecular flexibility index (Phi) is 15.7. The van der Waals surface area contributed by atoms with E-state index < -0.39 is 39.1 Å². The minimum absolute atomic E-state index is 0.139. The maximum Gasteiger partial charge on any atom is 0.323 e. The maximum atomic E-state index is 14.3. The van der Waals surface area contributed by atoms with E-state index in [1.807, 2.05) is 26.0 Å². The molecule has 0 saturated heterocycles. The first-order valence-electron chi connectivity index (χ1n) is 16.0. The largest absolute Gasteiger partial charge is 0.468 e. The van der Waals surface area contributed by atoms with Gasteiger partial charge in [-0.05, 0) is 83.4 Å². The van der Waals surface area contributed by atoms with Crippen molar-refractivity contribution in [1.82, 2.24) is 10.2 Å². The van der Waals surface area contributed by atoms with Gasteiger partial charge in [-0.25, -0.2) is 10.2 Å². The number of unbranched alkanes of at least 4 members (excludes halogenated alkanes) is 2. The second-order valence-corrected chi connectivity index (χ2v) is 16.2. The summed E-state index contributed by atoms with van der Waals surface area (Å²) in [5, 5.41) is 5.84. The summed E-state index contributed by atoms with van der Waals surface area (Å²) < 4.78 is 51.3. The van der Waals surface area contributed by atoms with Crippen LogP contribution in [-0.2, 0) is 34.6 Å². The van der Waals surface area contributed by atoms with Crippen LogP contribution in [0, 0.1) is 0 Å². The van der Waals surface area contributed by atoms with Crippen LogP contribution in [0.1, 0.15) is 110 Å². The van der Waals surface area contributed by atoms with Crippen molar-refractivity contribution >= 4 is 27.0 Å². The fourth-order valence-corrected chi connectivity index (χ4v) is 9.51. The number of hydrogen-bond acceptors (Lipinski definition) is 8. The van der Waals surface area contributed by atoms with Gasteiger partial charge in [-0.1, -0.05) is 45.3 Å². The lowest BCUT2D eigenvalue weighted by molar-refractivity contribution is -0.143. The Morgan fingerprint density at radius 3 is 1.77 bits per heavy atom. The molecule has 0 aromatic heterocycles. The second-order valence-electron chi connectivity index (χ2n) is 11.7. The van der Waals surface area contributed by atoms with Gasteiger partial charge >= 0.3 is 27.0 Å². The molecule has 0 fully saturated rings. The molecule has 2 N–H and O–H groups in total. The number of carbonyl (C=O) groups is 2. The number of nitrogens with one attached hydrogen (secondary N) is 2. The van der Waals surface area contributed by atoms with Crippen LogP contribution >= 0.6 is 15.0 Å². The molecule has 0 spiro atoms. The lowest BCUT2D eigenvalue weighted by atomic mass is 9.84. The number of hydrogen-bond donors (Lipinski definition) is 2. The standard InChI is InChI=1S/C32H54N2O8P2/c1-9-12-13-16-26-21-28(41-43(37,18-10-2)33-24(5)31(35)39-7)30(27-17-14-15-23(4)20-27)29(22-26)42-44(38,19-11-3)34-25(6)32(36)40-8/h20-22,24-25,27H,9-19H2,1-8H3,(H,33,37)(H,34,38)/t24-,25-,27?,43?,44?/m0/s1. The molecule has 1 aromatic carbocycles. The highest BCUT2D eigenvalue weighted by Crippen LogP contribution is 2.54. The van der Waals surface area contributed by atoms with Gasteiger partial charge in [-0.15, -0.1) is 0 Å². The first-order valence-corrected chi connectivity index (χ1v) is 19.6. The van der Waals surface area contributed by atoms with E-state index in [0.717, 1.165) is 44.1 Å². The first-order chi connectivity index (χ1) is 20.8. The van der Waals surface area contributed by atoms with Gasteiger partial charge in [-0.3, -0.25) is 18.7 Å². The van der Waals surface area contributed by atoms with Crippen LogP contribution < -0.4 is 19.2 Å². The van der Waals surface area contributed by atoms with Gasteiger partial charge in [0.1, 0.15) is 23.6 Å². The fourth-order valence-electron chi connectivity index (χ4n) is 5.46. The van der Waals surface area contributed by atoms with Gasteiger partial charge in [0.25, 0.3) is 0 Å². The van der Waals surface area contributed by atoms with E-state index in [0.29, 0.717) is 36.3 Å². The highest BCUT2D eigenvalue weighted by atomic mass is 31.2. The summed E-state index contributed by atoms with van der Waals surface area (Å²) in [6.07, 6.45) is 10.1. The Morgan fingerprint density at radius 2 is 1.36 bits per heavy atom. The van der Waals surface area contributed by atoms with Crippen LogP contribution in [0.15, 0.2) is 23.8 Å². The molecule has 2 rings (SSSR count). The van der Waals surface area contributed by atoms with Crippen molar-refractivity contribution in [3.8, 4) is 11.5 Å². The SMILES string of the molecule is CCCCCc1cc(OP(=O)(CCC)N[C@@H](C)C(=O)OC)c(C2C=C(C)CCC2)c(OP(=O)(CCC)N[C@@H](C)C(=O)OC)c1. The van der Waals surface area contributed by atoms with E-state index >= 15 is 0 Å². The van der Waals surface area contributed by atoms with E-state index in [9.17, 15) is 18.7 Å². The van der Waals surface area contributed by atoms with E-state index in [-0.39, 0.29) is 18.2 Å². The third-order valence-electron chi connectivity index (χ3n) is 7.59. The van der Waals surface area contributed by atoms with Crippen LogP contribution in [0.4, 0.5) is 0 Å². The van der Waals surface area contributed by atoms with Gasteiger partial charge in [0.05, 0.1) is 14.2 Å². The summed E-state index contributed by atoms with van der Waals surface area (Å²) in [6, 6.07) is 2.12.